The van der Waals surface area contributed by atoms with Gasteiger partial charge in [0.05, 0.1) is 24.0 Å². The second kappa shape index (κ2) is 6.11. The molecule has 4 rings (SSSR count). The normalized spacial score (nSPS) is 15.8. The van der Waals surface area contributed by atoms with Crippen LogP contribution in [0.4, 0.5) is 0 Å². The number of phenols is 1. The molecule has 0 bridgehead atoms. The standard InChI is InChI=1S/C20H14N2O5/c1-25-15-8-10(6-7-13(15)23)16-12(9-21)19(22)27-18-11-4-2-3-5-14(11)26-20(24)17(16)18/h2-8,16,23H,22H2,1H3/t16-/m0/s1. The molecule has 1 aliphatic heterocycles. The molecule has 134 valence electrons. The Hall–Kier alpha value is -3.92. The predicted molar refractivity (Wildman–Crippen MR) is 96.4 cm³/mol. The van der Waals surface area contributed by atoms with Crippen molar-refractivity contribution >= 4 is 11.0 Å². The number of aromatic hydroxyl groups is 1. The number of benzene rings is 2. The van der Waals surface area contributed by atoms with E-state index in [1.807, 2.05) is 6.07 Å². The minimum Gasteiger partial charge on any atom is -0.504 e. The molecule has 0 unspecified atom stereocenters. The maximum absolute atomic E-state index is 12.8. The molecule has 2 heterocycles. The molecule has 0 saturated heterocycles. The molecule has 3 aromatic rings. The number of fused-ring (bicyclic) bond motifs is 3. The van der Waals surface area contributed by atoms with Gasteiger partial charge in [-0.1, -0.05) is 18.2 Å². The average molecular weight is 362 g/mol. The highest BCUT2D eigenvalue weighted by atomic mass is 16.5. The highest BCUT2D eigenvalue weighted by molar-refractivity contribution is 5.86. The molecule has 1 aliphatic rings. The van der Waals surface area contributed by atoms with Crippen LogP contribution in [0.15, 0.2) is 63.1 Å². The number of nitrogens with two attached hydrogens (primary N) is 1. The van der Waals surface area contributed by atoms with E-state index in [2.05, 4.69) is 0 Å². The molecule has 3 N–H and O–H groups in total. The molecule has 27 heavy (non-hydrogen) atoms. The highest BCUT2D eigenvalue weighted by Gasteiger charge is 2.35. The monoisotopic (exact) mass is 362 g/mol. The zero-order chi connectivity index (χ0) is 19.1. The quantitative estimate of drug-likeness (QED) is 0.673. The van der Waals surface area contributed by atoms with Crippen molar-refractivity contribution in [3.05, 3.63) is 75.5 Å². The van der Waals surface area contributed by atoms with Gasteiger partial charge in [-0.15, -0.1) is 0 Å². The van der Waals surface area contributed by atoms with Crippen LogP contribution in [-0.4, -0.2) is 12.2 Å². The SMILES string of the molecule is COc1cc([C@H]2C(C#N)=C(N)Oc3c2c(=O)oc2ccccc32)ccc1O. The van der Waals surface area contributed by atoms with Gasteiger partial charge in [-0.3, -0.25) is 0 Å². The summed E-state index contributed by atoms with van der Waals surface area (Å²) in [6, 6.07) is 13.5. The third-order valence-corrected chi connectivity index (χ3v) is 4.51. The second-order valence-corrected chi connectivity index (χ2v) is 5.98. The smallest absolute Gasteiger partial charge is 0.344 e. The fourth-order valence-corrected chi connectivity index (χ4v) is 3.27. The van der Waals surface area contributed by atoms with Gasteiger partial charge in [0.25, 0.3) is 0 Å². The molecule has 0 saturated carbocycles. The van der Waals surface area contributed by atoms with Crippen LogP contribution in [0.1, 0.15) is 17.0 Å². The molecule has 7 heteroatoms. The number of allylic oxidation sites excluding steroid dienone is 1. The Kier molecular flexibility index (Phi) is 3.74. The lowest BCUT2D eigenvalue weighted by atomic mass is 9.83. The number of rotatable bonds is 2. The van der Waals surface area contributed by atoms with E-state index in [1.165, 1.54) is 13.2 Å². The molecule has 0 amide bonds. The zero-order valence-corrected chi connectivity index (χ0v) is 14.2. The average Bonchev–Trinajstić information content (AvgIpc) is 2.67. The summed E-state index contributed by atoms with van der Waals surface area (Å²) in [6.45, 7) is 0. The summed E-state index contributed by atoms with van der Waals surface area (Å²) in [4.78, 5) is 12.8. The molecule has 0 radical (unpaired) electrons. The Labute approximate surface area is 153 Å². The van der Waals surface area contributed by atoms with Crippen LogP contribution in [-0.2, 0) is 0 Å². The van der Waals surface area contributed by atoms with E-state index in [4.69, 9.17) is 19.6 Å². The zero-order valence-electron chi connectivity index (χ0n) is 14.2. The molecule has 0 aliphatic carbocycles. The molecule has 0 fully saturated rings. The van der Waals surface area contributed by atoms with Gasteiger partial charge in [-0.25, -0.2) is 4.79 Å². The summed E-state index contributed by atoms with van der Waals surface area (Å²) in [6.07, 6.45) is 0. The summed E-state index contributed by atoms with van der Waals surface area (Å²) < 4.78 is 16.2. The van der Waals surface area contributed by atoms with Crippen molar-refractivity contribution in [1.82, 2.24) is 0 Å². The van der Waals surface area contributed by atoms with E-state index in [0.717, 1.165) is 0 Å². The van der Waals surface area contributed by atoms with Crippen molar-refractivity contribution in [1.29, 1.82) is 5.26 Å². The second-order valence-electron chi connectivity index (χ2n) is 5.98. The summed E-state index contributed by atoms with van der Waals surface area (Å²) in [5, 5.41) is 20.1. The third-order valence-electron chi connectivity index (χ3n) is 4.51. The van der Waals surface area contributed by atoms with Gasteiger partial charge in [0.1, 0.15) is 17.2 Å². The van der Waals surface area contributed by atoms with Crippen LogP contribution in [0.3, 0.4) is 0 Å². The van der Waals surface area contributed by atoms with Gasteiger partial charge < -0.3 is 24.7 Å². The van der Waals surface area contributed by atoms with Crippen LogP contribution in [0.5, 0.6) is 17.2 Å². The molecule has 0 spiro atoms. The van der Waals surface area contributed by atoms with E-state index in [1.54, 1.807) is 36.4 Å². The first-order chi connectivity index (χ1) is 13.0. The fraction of sp³-hybridized carbons (Fsp3) is 0.100. The summed E-state index contributed by atoms with van der Waals surface area (Å²) in [5.74, 6) is -0.488. The lowest BCUT2D eigenvalue weighted by Gasteiger charge is -2.26. The van der Waals surface area contributed by atoms with Crippen LogP contribution >= 0.6 is 0 Å². The topological polar surface area (TPSA) is 119 Å². The number of phenolic OH excluding ortho intramolecular Hbond substituents is 1. The van der Waals surface area contributed by atoms with Gasteiger partial charge in [0.2, 0.25) is 5.88 Å². The van der Waals surface area contributed by atoms with Gasteiger partial charge in [-0.05, 0) is 29.8 Å². The predicted octanol–water partition coefficient (Wildman–Crippen LogP) is 2.73. The number of nitrogens with zero attached hydrogens (tertiary/aromatic N) is 1. The van der Waals surface area contributed by atoms with Crippen LogP contribution < -0.4 is 20.8 Å². The number of hydrogen-bond acceptors (Lipinski definition) is 7. The number of hydrogen-bond donors (Lipinski definition) is 2. The third kappa shape index (κ3) is 2.47. The number of methoxy groups -OCH3 is 1. The van der Waals surface area contributed by atoms with E-state index in [9.17, 15) is 15.2 Å². The minimum absolute atomic E-state index is 0.0606. The first kappa shape index (κ1) is 16.5. The maximum atomic E-state index is 12.8. The molecular weight excluding hydrogens is 348 g/mol. The highest BCUT2D eigenvalue weighted by Crippen LogP contribution is 2.44. The Morgan fingerprint density at radius 3 is 2.78 bits per heavy atom. The number of nitriles is 1. The van der Waals surface area contributed by atoms with Crippen molar-refractivity contribution in [2.45, 2.75) is 5.92 Å². The summed E-state index contributed by atoms with van der Waals surface area (Å²) >= 11 is 0. The summed E-state index contributed by atoms with van der Waals surface area (Å²) in [7, 11) is 1.41. The Balaban J connectivity index is 2.06. The maximum Gasteiger partial charge on any atom is 0.344 e. The number of ether oxygens (including phenoxy) is 2. The molecule has 1 atom stereocenters. The van der Waals surface area contributed by atoms with Gasteiger partial charge in [-0.2, -0.15) is 5.26 Å². The van der Waals surface area contributed by atoms with Crippen molar-refractivity contribution < 1.29 is 19.0 Å². The number of para-hydroxylation sites is 1. The first-order valence-electron chi connectivity index (χ1n) is 8.05. The molecular formula is C20H14N2O5. The first-order valence-corrected chi connectivity index (χ1v) is 8.05. The largest absolute Gasteiger partial charge is 0.504 e. The van der Waals surface area contributed by atoms with Crippen molar-refractivity contribution in [2.24, 2.45) is 5.73 Å². The fourth-order valence-electron chi connectivity index (χ4n) is 3.27. The van der Waals surface area contributed by atoms with E-state index in [0.29, 0.717) is 16.5 Å². The van der Waals surface area contributed by atoms with Crippen LogP contribution in [0, 0.1) is 11.3 Å². The van der Waals surface area contributed by atoms with E-state index < -0.39 is 11.5 Å². The van der Waals surface area contributed by atoms with Gasteiger partial charge >= 0.3 is 5.63 Å². The molecule has 2 aromatic carbocycles. The molecule has 7 nitrogen and oxygen atoms in total. The lowest BCUT2D eigenvalue weighted by molar-refractivity contribution is 0.371. The van der Waals surface area contributed by atoms with Crippen molar-refractivity contribution in [3.8, 4) is 23.3 Å². The van der Waals surface area contributed by atoms with Crippen molar-refractivity contribution in [3.63, 3.8) is 0 Å². The van der Waals surface area contributed by atoms with Crippen molar-refractivity contribution in [2.75, 3.05) is 7.11 Å². The van der Waals surface area contributed by atoms with E-state index >= 15 is 0 Å². The van der Waals surface area contributed by atoms with Crippen LogP contribution in [0.25, 0.3) is 11.0 Å². The Morgan fingerprint density at radius 2 is 2.04 bits per heavy atom. The summed E-state index contributed by atoms with van der Waals surface area (Å²) in [5.41, 5.74) is 6.52. The molecule has 1 aromatic heterocycles. The van der Waals surface area contributed by atoms with Crippen LogP contribution in [0.2, 0.25) is 0 Å². The van der Waals surface area contributed by atoms with Gasteiger partial charge in [0.15, 0.2) is 17.2 Å². The van der Waals surface area contributed by atoms with Gasteiger partial charge in [0, 0.05) is 0 Å². The van der Waals surface area contributed by atoms with E-state index in [-0.39, 0.29) is 34.3 Å². The Bertz CT molecular complexity index is 1200. The Morgan fingerprint density at radius 1 is 1.26 bits per heavy atom. The lowest BCUT2D eigenvalue weighted by Crippen LogP contribution is -2.26. The minimum atomic E-state index is -0.811.